The smallest absolute Gasteiger partial charge is 0.0944 e. The van der Waals surface area contributed by atoms with E-state index in [1.807, 2.05) is 23.8 Å². The van der Waals surface area contributed by atoms with Gasteiger partial charge in [0, 0.05) is 12.0 Å². The van der Waals surface area contributed by atoms with Crippen molar-refractivity contribution in [2.45, 2.75) is 25.4 Å². The van der Waals surface area contributed by atoms with Crippen LogP contribution in [0.15, 0.2) is 16.8 Å². The Morgan fingerprint density at radius 3 is 2.77 bits per heavy atom. The SMILES string of the molecule is CC(O)(c1ccsc1)C1(CN)CC1. The molecule has 3 heteroatoms. The first kappa shape index (κ1) is 9.19. The maximum Gasteiger partial charge on any atom is 0.0944 e. The normalized spacial score (nSPS) is 23.9. The van der Waals surface area contributed by atoms with E-state index in [1.165, 1.54) is 0 Å². The van der Waals surface area contributed by atoms with Crippen LogP contribution in [0.1, 0.15) is 25.3 Å². The number of hydrogen-bond acceptors (Lipinski definition) is 3. The summed E-state index contributed by atoms with van der Waals surface area (Å²) in [6.07, 6.45) is 2.10. The lowest BCUT2D eigenvalue weighted by atomic mass is 9.81. The van der Waals surface area contributed by atoms with E-state index in [0.717, 1.165) is 18.4 Å². The molecule has 2 rings (SSSR count). The van der Waals surface area contributed by atoms with Crippen molar-refractivity contribution in [3.63, 3.8) is 0 Å². The molecule has 0 aliphatic heterocycles. The highest BCUT2D eigenvalue weighted by Gasteiger charge is 2.55. The fraction of sp³-hybridized carbons (Fsp3) is 0.600. The second-order valence-electron chi connectivity index (χ2n) is 4.07. The molecule has 1 heterocycles. The van der Waals surface area contributed by atoms with Crippen molar-refractivity contribution in [2.24, 2.45) is 11.1 Å². The van der Waals surface area contributed by atoms with Crippen LogP contribution >= 0.6 is 11.3 Å². The zero-order valence-corrected chi connectivity index (χ0v) is 8.60. The third-order valence-corrected chi connectivity index (χ3v) is 4.04. The van der Waals surface area contributed by atoms with E-state index in [1.54, 1.807) is 11.3 Å². The van der Waals surface area contributed by atoms with Gasteiger partial charge in [0.1, 0.15) is 0 Å². The van der Waals surface area contributed by atoms with Crippen LogP contribution < -0.4 is 5.73 Å². The highest BCUT2D eigenvalue weighted by atomic mass is 32.1. The highest BCUT2D eigenvalue weighted by molar-refractivity contribution is 7.08. The van der Waals surface area contributed by atoms with Gasteiger partial charge in [-0.3, -0.25) is 0 Å². The Kier molecular flexibility index (Phi) is 1.98. The zero-order valence-electron chi connectivity index (χ0n) is 7.79. The van der Waals surface area contributed by atoms with Crippen LogP contribution in [0.5, 0.6) is 0 Å². The molecule has 1 aromatic rings. The van der Waals surface area contributed by atoms with Gasteiger partial charge in [-0.15, -0.1) is 0 Å². The third-order valence-electron chi connectivity index (χ3n) is 3.36. The quantitative estimate of drug-likeness (QED) is 0.774. The third kappa shape index (κ3) is 1.23. The maximum atomic E-state index is 10.4. The number of rotatable bonds is 3. The van der Waals surface area contributed by atoms with Gasteiger partial charge in [0.15, 0.2) is 0 Å². The van der Waals surface area contributed by atoms with Crippen LogP contribution in [0, 0.1) is 5.41 Å². The van der Waals surface area contributed by atoms with E-state index in [9.17, 15) is 5.11 Å². The van der Waals surface area contributed by atoms with E-state index in [-0.39, 0.29) is 5.41 Å². The summed E-state index contributed by atoms with van der Waals surface area (Å²) in [5.41, 5.74) is 5.94. The van der Waals surface area contributed by atoms with Gasteiger partial charge in [0.05, 0.1) is 5.60 Å². The summed E-state index contributed by atoms with van der Waals surface area (Å²) in [4.78, 5) is 0. The van der Waals surface area contributed by atoms with E-state index >= 15 is 0 Å². The van der Waals surface area contributed by atoms with E-state index in [0.29, 0.717) is 6.54 Å². The average Bonchev–Trinajstić information content (AvgIpc) is 2.72. The van der Waals surface area contributed by atoms with Crippen molar-refractivity contribution in [3.8, 4) is 0 Å². The Balaban J connectivity index is 2.31. The van der Waals surface area contributed by atoms with Crippen LogP contribution in [0.25, 0.3) is 0 Å². The van der Waals surface area contributed by atoms with Crippen LogP contribution in [0.4, 0.5) is 0 Å². The van der Waals surface area contributed by atoms with E-state index in [2.05, 4.69) is 0 Å². The minimum atomic E-state index is -0.734. The Labute approximate surface area is 82.4 Å². The Bertz CT molecular complexity index is 288. The van der Waals surface area contributed by atoms with Gasteiger partial charge in [-0.2, -0.15) is 11.3 Å². The number of hydrogen-bond donors (Lipinski definition) is 2. The molecular formula is C10H15NOS. The van der Waals surface area contributed by atoms with Crippen molar-refractivity contribution >= 4 is 11.3 Å². The largest absolute Gasteiger partial charge is 0.385 e. The van der Waals surface area contributed by atoms with Crippen molar-refractivity contribution < 1.29 is 5.11 Å². The Morgan fingerprint density at radius 2 is 2.38 bits per heavy atom. The number of aliphatic hydroxyl groups is 1. The molecule has 1 aromatic heterocycles. The van der Waals surface area contributed by atoms with Gasteiger partial charge < -0.3 is 10.8 Å². The molecule has 2 nitrogen and oxygen atoms in total. The summed E-state index contributed by atoms with van der Waals surface area (Å²) < 4.78 is 0. The zero-order chi connectivity index (χ0) is 9.53. The molecule has 1 aliphatic rings. The Morgan fingerprint density at radius 1 is 1.69 bits per heavy atom. The molecule has 72 valence electrons. The van der Waals surface area contributed by atoms with Gasteiger partial charge in [0.25, 0.3) is 0 Å². The van der Waals surface area contributed by atoms with E-state index < -0.39 is 5.60 Å². The minimum absolute atomic E-state index is 0.0475. The molecular weight excluding hydrogens is 182 g/mol. The molecule has 0 saturated heterocycles. The first-order chi connectivity index (χ1) is 6.12. The van der Waals surface area contributed by atoms with Crippen molar-refractivity contribution in [1.29, 1.82) is 0 Å². The lowest BCUT2D eigenvalue weighted by molar-refractivity contribution is -0.0167. The van der Waals surface area contributed by atoms with Crippen molar-refractivity contribution in [3.05, 3.63) is 22.4 Å². The first-order valence-corrected chi connectivity index (χ1v) is 5.52. The highest BCUT2D eigenvalue weighted by Crippen LogP contribution is 2.57. The van der Waals surface area contributed by atoms with Gasteiger partial charge in [-0.25, -0.2) is 0 Å². The van der Waals surface area contributed by atoms with E-state index in [4.69, 9.17) is 5.73 Å². The van der Waals surface area contributed by atoms with Gasteiger partial charge in [-0.05, 0) is 42.2 Å². The van der Waals surface area contributed by atoms with Gasteiger partial charge >= 0.3 is 0 Å². The van der Waals surface area contributed by atoms with Crippen molar-refractivity contribution in [2.75, 3.05) is 6.54 Å². The van der Waals surface area contributed by atoms with Crippen molar-refractivity contribution in [1.82, 2.24) is 0 Å². The molecule has 1 aliphatic carbocycles. The molecule has 1 unspecified atom stereocenters. The molecule has 3 N–H and O–H groups in total. The lowest BCUT2D eigenvalue weighted by Crippen LogP contribution is -2.38. The second kappa shape index (κ2) is 2.80. The summed E-state index contributed by atoms with van der Waals surface area (Å²) in [6.45, 7) is 2.46. The molecule has 0 radical (unpaired) electrons. The molecule has 0 spiro atoms. The average molecular weight is 197 g/mol. The predicted molar refractivity (Wildman–Crippen MR) is 54.6 cm³/mol. The molecule has 0 bridgehead atoms. The summed E-state index contributed by atoms with van der Waals surface area (Å²) >= 11 is 1.62. The van der Waals surface area contributed by atoms with Crippen LogP contribution in [0.2, 0.25) is 0 Å². The molecule has 0 aromatic carbocycles. The summed E-state index contributed by atoms with van der Waals surface area (Å²) in [7, 11) is 0. The Hall–Kier alpha value is -0.380. The predicted octanol–water partition coefficient (Wildman–Crippen LogP) is 1.69. The lowest BCUT2D eigenvalue weighted by Gasteiger charge is -2.31. The second-order valence-corrected chi connectivity index (χ2v) is 4.85. The van der Waals surface area contributed by atoms with Gasteiger partial charge in [0.2, 0.25) is 0 Å². The standard InChI is InChI=1S/C10H15NOS/c1-9(12,8-2-5-13-6-8)10(7-11)3-4-10/h2,5-6,12H,3-4,7,11H2,1H3. The summed E-state index contributed by atoms with van der Waals surface area (Å²) in [5, 5.41) is 14.4. The maximum absolute atomic E-state index is 10.4. The monoisotopic (exact) mass is 197 g/mol. The fourth-order valence-corrected chi connectivity index (χ4v) is 2.65. The van der Waals surface area contributed by atoms with Gasteiger partial charge in [-0.1, -0.05) is 0 Å². The summed E-state index contributed by atoms with van der Waals surface area (Å²) in [6, 6.07) is 1.99. The molecule has 13 heavy (non-hydrogen) atoms. The van der Waals surface area contributed by atoms with Crippen LogP contribution in [-0.4, -0.2) is 11.7 Å². The molecule has 1 fully saturated rings. The molecule has 1 atom stereocenters. The van der Waals surface area contributed by atoms with Crippen LogP contribution in [-0.2, 0) is 5.60 Å². The number of nitrogens with two attached hydrogens (primary N) is 1. The summed E-state index contributed by atoms with van der Waals surface area (Å²) in [5.74, 6) is 0. The number of thiophene rings is 1. The van der Waals surface area contributed by atoms with Crippen LogP contribution in [0.3, 0.4) is 0 Å². The molecule has 1 saturated carbocycles. The first-order valence-electron chi connectivity index (χ1n) is 4.57. The minimum Gasteiger partial charge on any atom is -0.385 e. The topological polar surface area (TPSA) is 46.2 Å². The fourth-order valence-electron chi connectivity index (χ4n) is 1.89. The molecule has 0 amide bonds.